The summed E-state index contributed by atoms with van der Waals surface area (Å²) in [6.45, 7) is 0. The predicted octanol–water partition coefficient (Wildman–Crippen LogP) is 5.32. The zero-order valence-corrected chi connectivity index (χ0v) is 11.0. The molecule has 2 heterocycles. The molecule has 0 spiro atoms. The van der Waals surface area contributed by atoms with Crippen molar-refractivity contribution in [2.24, 2.45) is 0 Å². The average Bonchev–Trinajstić information content (AvgIpc) is 3.03. The minimum atomic E-state index is -1.60. The highest BCUT2D eigenvalue weighted by molar-refractivity contribution is 7.11. The van der Waals surface area contributed by atoms with Crippen molar-refractivity contribution < 1.29 is 8.78 Å². The lowest BCUT2D eigenvalue weighted by atomic mass is 9.85. The van der Waals surface area contributed by atoms with Crippen LogP contribution >= 0.6 is 22.7 Å². The van der Waals surface area contributed by atoms with Crippen molar-refractivity contribution in [1.29, 1.82) is 0 Å². The van der Waals surface area contributed by atoms with Gasteiger partial charge >= 0.3 is 0 Å². The Hall–Kier alpha value is -1.26. The predicted molar refractivity (Wildman–Crippen MR) is 73.2 cm³/mol. The first-order valence-electron chi connectivity index (χ1n) is 5.55. The Bertz CT molecular complexity index is 594. The maximum absolute atomic E-state index is 15.3. The van der Waals surface area contributed by atoms with E-state index in [4.69, 9.17) is 0 Å². The number of thiophene rings is 2. The second kappa shape index (κ2) is 4.44. The zero-order valence-electron chi connectivity index (χ0n) is 9.40. The summed E-state index contributed by atoms with van der Waals surface area (Å²) in [7, 11) is 0. The SMILES string of the molecule is FC1=CCC(F)(c2cccs2)C(c2cccs2)=C1. The van der Waals surface area contributed by atoms with Crippen molar-refractivity contribution in [3.05, 3.63) is 62.8 Å². The summed E-state index contributed by atoms with van der Waals surface area (Å²) in [5, 5.41) is 3.72. The molecule has 2 aromatic heterocycles. The molecular formula is C14H10F2S2. The van der Waals surface area contributed by atoms with Crippen LogP contribution in [0.1, 0.15) is 16.2 Å². The van der Waals surface area contributed by atoms with E-state index in [2.05, 4.69) is 0 Å². The molecule has 1 aliphatic rings. The third kappa shape index (κ3) is 1.85. The van der Waals surface area contributed by atoms with Crippen LogP contribution in [0, 0.1) is 0 Å². The Morgan fingerprint density at radius 1 is 1.11 bits per heavy atom. The van der Waals surface area contributed by atoms with E-state index in [1.54, 1.807) is 6.07 Å². The quantitative estimate of drug-likeness (QED) is 0.699. The van der Waals surface area contributed by atoms with Crippen molar-refractivity contribution in [3.8, 4) is 0 Å². The van der Waals surface area contributed by atoms with Crippen LogP contribution in [0.3, 0.4) is 0 Å². The van der Waals surface area contributed by atoms with Gasteiger partial charge in [-0.1, -0.05) is 12.1 Å². The van der Waals surface area contributed by atoms with Gasteiger partial charge in [0.05, 0.1) is 0 Å². The molecule has 3 rings (SSSR count). The maximum atomic E-state index is 15.3. The van der Waals surface area contributed by atoms with E-state index in [0.717, 1.165) is 4.88 Å². The van der Waals surface area contributed by atoms with Gasteiger partial charge in [-0.25, -0.2) is 8.78 Å². The minimum Gasteiger partial charge on any atom is -0.232 e. The Kier molecular flexibility index (Phi) is 2.92. The van der Waals surface area contributed by atoms with Crippen molar-refractivity contribution in [2.45, 2.75) is 12.1 Å². The first-order chi connectivity index (χ1) is 8.70. The van der Waals surface area contributed by atoms with Gasteiger partial charge in [-0.3, -0.25) is 0 Å². The Balaban J connectivity index is 2.13. The van der Waals surface area contributed by atoms with Crippen LogP contribution < -0.4 is 0 Å². The van der Waals surface area contributed by atoms with Gasteiger partial charge in [0.2, 0.25) is 0 Å². The van der Waals surface area contributed by atoms with E-state index >= 15 is 4.39 Å². The van der Waals surface area contributed by atoms with Crippen molar-refractivity contribution in [1.82, 2.24) is 0 Å². The highest BCUT2D eigenvalue weighted by atomic mass is 32.1. The summed E-state index contributed by atoms with van der Waals surface area (Å²) in [6, 6.07) is 7.27. The normalized spacial score (nSPS) is 23.7. The van der Waals surface area contributed by atoms with Crippen molar-refractivity contribution >= 4 is 28.2 Å². The third-order valence-electron chi connectivity index (χ3n) is 2.99. The Morgan fingerprint density at radius 3 is 2.56 bits per heavy atom. The Labute approximate surface area is 112 Å². The summed E-state index contributed by atoms with van der Waals surface area (Å²) in [5.41, 5.74) is -1.17. The average molecular weight is 280 g/mol. The van der Waals surface area contributed by atoms with Crippen molar-refractivity contribution in [2.75, 3.05) is 0 Å². The molecule has 1 aliphatic carbocycles. The van der Waals surface area contributed by atoms with Crippen molar-refractivity contribution in [3.63, 3.8) is 0 Å². The van der Waals surface area contributed by atoms with Gasteiger partial charge in [0, 0.05) is 21.7 Å². The van der Waals surface area contributed by atoms with E-state index in [0.29, 0.717) is 10.5 Å². The third-order valence-corrected chi connectivity index (χ3v) is 4.90. The summed E-state index contributed by atoms with van der Waals surface area (Å²) < 4.78 is 28.7. The van der Waals surface area contributed by atoms with Gasteiger partial charge in [-0.2, -0.15) is 0 Å². The standard InChI is InChI=1S/C14H10F2S2/c15-10-5-6-14(16,13-4-2-8-18-13)11(9-10)12-3-1-7-17-12/h1-5,7-9H,6H2. The van der Waals surface area contributed by atoms with E-state index in [1.165, 1.54) is 34.8 Å². The largest absolute Gasteiger partial charge is 0.232 e. The van der Waals surface area contributed by atoms with Gasteiger partial charge in [-0.15, -0.1) is 22.7 Å². The van der Waals surface area contributed by atoms with Crippen LogP contribution in [-0.2, 0) is 5.67 Å². The topological polar surface area (TPSA) is 0 Å². The molecule has 0 fully saturated rings. The number of alkyl halides is 1. The molecule has 0 N–H and O–H groups in total. The molecule has 0 radical (unpaired) electrons. The van der Waals surface area contributed by atoms with Gasteiger partial charge in [0.1, 0.15) is 5.83 Å². The highest BCUT2D eigenvalue weighted by Gasteiger charge is 2.39. The van der Waals surface area contributed by atoms with Gasteiger partial charge < -0.3 is 0 Å². The number of rotatable bonds is 2. The lowest BCUT2D eigenvalue weighted by molar-refractivity contribution is 0.253. The fourth-order valence-electron chi connectivity index (χ4n) is 2.09. The highest BCUT2D eigenvalue weighted by Crippen LogP contribution is 2.48. The number of hydrogen-bond acceptors (Lipinski definition) is 2. The second-order valence-electron chi connectivity index (χ2n) is 4.11. The number of hydrogen-bond donors (Lipinski definition) is 0. The molecule has 0 saturated heterocycles. The Morgan fingerprint density at radius 2 is 1.89 bits per heavy atom. The fraction of sp³-hybridized carbons (Fsp3) is 0.143. The van der Waals surface area contributed by atoms with Crippen LogP contribution in [0.4, 0.5) is 8.78 Å². The van der Waals surface area contributed by atoms with E-state index in [1.807, 2.05) is 29.0 Å². The summed E-state index contributed by atoms with van der Waals surface area (Å²) in [6.07, 6.45) is 2.69. The van der Waals surface area contributed by atoms with Crippen LogP contribution in [0.15, 0.2) is 53.0 Å². The molecule has 0 saturated carbocycles. The van der Waals surface area contributed by atoms with Crippen LogP contribution in [0.2, 0.25) is 0 Å². The smallest absolute Gasteiger partial charge is 0.175 e. The fourth-order valence-corrected chi connectivity index (χ4v) is 3.74. The molecule has 1 atom stereocenters. The first-order valence-corrected chi connectivity index (χ1v) is 7.31. The molecule has 0 bridgehead atoms. The molecule has 1 unspecified atom stereocenters. The molecule has 0 aromatic carbocycles. The minimum absolute atomic E-state index is 0.0586. The zero-order chi connectivity index (χ0) is 12.6. The first kappa shape index (κ1) is 11.8. The van der Waals surface area contributed by atoms with Gasteiger partial charge in [-0.05, 0) is 35.0 Å². The molecule has 18 heavy (non-hydrogen) atoms. The molecule has 92 valence electrons. The van der Waals surface area contributed by atoms with E-state index < -0.39 is 5.67 Å². The summed E-state index contributed by atoms with van der Waals surface area (Å²) in [5.74, 6) is -0.358. The molecule has 4 heteroatoms. The molecule has 0 nitrogen and oxygen atoms in total. The second-order valence-corrected chi connectivity index (χ2v) is 6.00. The lowest BCUT2D eigenvalue weighted by Gasteiger charge is -2.28. The van der Waals surface area contributed by atoms with E-state index in [-0.39, 0.29) is 12.2 Å². The molecular weight excluding hydrogens is 270 g/mol. The van der Waals surface area contributed by atoms with Gasteiger partial charge in [0.25, 0.3) is 0 Å². The van der Waals surface area contributed by atoms with Gasteiger partial charge in [0.15, 0.2) is 5.67 Å². The summed E-state index contributed by atoms with van der Waals surface area (Å²) in [4.78, 5) is 1.42. The molecule has 0 aliphatic heterocycles. The van der Waals surface area contributed by atoms with Crippen LogP contribution in [0.25, 0.3) is 5.57 Å². The summed E-state index contributed by atoms with van der Waals surface area (Å²) >= 11 is 2.80. The van der Waals surface area contributed by atoms with E-state index in [9.17, 15) is 4.39 Å². The maximum Gasteiger partial charge on any atom is 0.175 e. The van der Waals surface area contributed by atoms with Crippen LogP contribution in [0.5, 0.6) is 0 Å². The number of allylic oxidation sites excluding steroid dienone is 4. The molecule has 2 aromatic rings. The monoisotopic (exact) mass is 280 g/mol. The number of halogens is 2. The molecule has 0 amide bonds. The van der Waals surface area contributed by atoms with Crippen LogP contribution in [-0.4, -0.2) is 0 Å². The lowest BCUT2D eigenvalue weighted by Crippen LogP contribution is -2.22.